The van der Waals surface area contributed by atoms with Gasteiger partial charge in [-0.3, -0.25) is 0 Å². The molecule has 0 fully saturated rings. The normalized spacial score (nSPS) is 12.3. The Morgan fingerprint density at radius 2 is 1.43 bits per heavy atom. The summed E-state index contributed by atoms with van der Waals surface area (Å²) in [7, 11) is 0. The van der Waals surface area contributed by atoms with Gasteiger partial charge in [0, 0.05) is 42.0 Å². The van der Waals surface area contributed by atoms with E-state index in [4.69, 9.17) is 0 Å². The van der Waals surface area contributed by atoms with Crippen molar-refractivity contribution in [3.63, 3.8) is 0 Å². The van der Waals surface area contributed by atoms with Crippen LogP contribution < -0.4 is 0 Å². The smallest absolute Gasteiger partial charge is 0.0554 e. The minimum atomic E-state index is 1.21. The van der Waals surface area contributed by atoms with Gasteiger partial charge < -0.3 is 4.57 Å². The van der Waals surface area contributed by atoms with E-state index in [1.807, 2.05) is 11.3 Å². The molecule has 0 unspecified atom stereocenters. The first-order chi connectivity index (χ1) is 13.9. The first-order valence-electron chi connectivity index (χ1n) is 9.55. The maximum absolute atomic E-state index is 2.43. The number of benzene rings is 5. The second-order valence-electron chi connectivity index (χ2n) is 7.40. The molecule has 2 heteroatoms. The van der Waals surface area contributed by atoms with Crippen LogP contribution in [0.2, 0.25) is 0 Å². The fraction of sp³-hybridized carbons (Fsp3) is 0. The molecule has 0 radical (unpaired) electrons. The van der Waals surface area contributed by atoms with Crippen molar-refractivity contribution in [3.8, 4) is 5.69 Å². The lowest BCUT2D eigenvalue weighted by atomic mass is 10.00. The molecule has 2 aromatic heterocycles. The first-order valence-corrected chi connectivity index (χ1v) is 10.4. The molecule has 0 spiro atoms. The Morgan fingerprint density at radius 3 is 2.36 bits per heavy atom. The molecule has 0 atom stereocenters. The zero-order valence-corrected chi connectivity index (χ0v) is 15.8. The van der Waals surface area contributed by atoms with Gasteiger partial charge in [-0.2, -0.15) is 0 Å². The van der Waals surface area contributed by atoms with Crippen LogP contribution in [-0.4, -0.2) is 4.57 Å². The topological polar surface area (TPSA) is 4.93 Å². The van der Waals surface area contributed by atoms with Crippen molar-refractivity contribution in [2.45, 2.75) is 0 Å². The molecule has 7 rings (SSSR count). The quantitative estimate of drug-likeness (QED) is 0.259. The minimum Gasteiger partial charge on any atom is -0.309 e. The van der Waals surface area contributed by atoms with Gasteiger partial charge in [0.05, 0.1) is 11.0 Å². The first kappa shape index (κ1) is 14.7. The summed E-state index contributed by atoms with van der Waals surface area (Å²) in [6.45, 7) is 0. The Labute approximate surface area is 165 Å². The third-order valence-electron chi connectivity index (χ3n) is 5.94. The number of para-hydroxylation sites is 1. The van der Waals surface area contributed by atoms with Gasteiger partial charge in [0.25, 0.3) is 0 Å². The lowest BCUT2D eigenvalue weighted by molar-refractivity contribution is 1.18. The van der Waals surface area contributed by atoms with Crippen molar-refractivity contribution in [3.05, 3.63) is 91.0 Å². The Hall–Kier alpha value is -3.36. The summed E-state index contributed by atoms with van der Waals surface area (Å²) in [5.74, 6) is 0. The highest BCUT2D eigenvalue weighted by Crippen LogP contribution is 2.45. The van der Waals surface area contributed by atoms with Gasteiger partial charge in [-0.1, -0.05) is 60.7 Å². The van der Waals surface area contributed by atoms with Crippen LogP contribution in [0.3, 0.4) is 0 Å². The van der Waals surface area contributed by atoms with Crippen molar-refractivity contribution in [1.29, 1.82) is 0 Å². The molecular formula is C26H15NS. The van der Waals surface area contributed by atoms with Crippen molar-refractivity contribution in [1.82, 2.24) is 4.57 Å². The summed E-state index contributed by atoms with van der Waals surface area (Å²) in [5.41, 5.74) is 3.79. The number of nitrogens with zero attached hydrogens (tertiary/aromatic N) is 1. The monoisotopic (exact) mass is 373 g/mol. The maximum atomic E-state index is 2.43. The lowest BCUT2D eigenvalue weighted by Crippen LogP contribution is -1.92. The molecular weight excluding hydrogens is 358 g/mol. The highest BCUT2D eigenvalue weighted by molar-refractivity contribution is 7.26. The largest absolute Gasteiger partial charge is 0.309 e. The van der Waals surface area contributed by atoms with Crippen LogP contribution in [-0.2, 0) is 0 Å². The molecule has 5 aromatic carbocycles. The number of fused-ring (bicyclic) bond motifs is 4. The van der Waals surface area contributed by atoms with Gasteiger partial charge in [-0.05, 0) is 35.7 Å². The summed E-state index contributed by atoms with van der Waals surface area (Å²) >= 11 is 1.91. The Kier molecular flexibility index (Phi) is 2.68. The van der Waals surface area contributed by atoms with Crippen molar-refractivity contribution in [2.75, 3.05) is 0 Å². The number of aromatic nitrogens is 1. The molecule has 0 N–H and O–H groups in total. The third kappa shape index (κ3) is 1.71. The summed E-state index contributed by atoms with van der Waals surface area (Å²) in [6.07, 6.45) is 0. The van der Waals surface area contributed by atoms with Crippen molar-refractivity contribution < 1.29 is 0 Å². The zero-order valence-electron chi connectivity index (χ0n) is 15.0. The molecule has 0 saturated heterocycles. The fourth-order valence-corrected chi connectivity index (χ4v) is 5.99. The predicted molar refractivity (Wildman–Crippen MR) is 122 cm³/mol. The molecule has 0 amide bonds. The number of hydrogen-bond donors (Lipinski definition) is 0. The van der Waals surface area contributed by atoms with E-state index in [0.29, 0.717) is 0 Å². The standard InChI is InChI=1S/C26H15NS/c1-2-8-17(9-3-1)27-21-11-6-7-16-13-14-19-25(24(16)21)22(27)15-20-18-10-4-5-12-23(18)28-26(19)20/h1-15H. The van der Waals surface area contributed by atoms with Gasteiger partial charge in [0.15, 0.2) is 0 Å². The molecule has 0 saturated carbocycles. The highest BCUT2D eigenvalue weighted by atomic mass is 32.1. The summed E-state index contributed by atoms with van der Waals surface area (Å²) in [5, 5.41) is 8.15. The Morgan fingerprint density at radius 1 is 0.571 bits per heavy atom. The van der Waals surface area contributed by atoms with E-state index in [1.54, 1.807) is 0 Å². The SMILES string of the molecule is c1ccc(-n2c3cccc4ccc5c6sc7ccccc7c6cc2c5c43)cc1. The third-order valence-corrected chi connectivity index (χ3v) is 7.16. The molecule has 28 heavy (non-hydrogen) atoms. The van der Waals surface area contributed by atoms with Crippen LogP contribution >= 0.6 is 11.3 Å². The number of thiophene rings is 1. The van der Waals surface area contributed by atoms with Gasteiger partial charge in [0.2, 0.25) is 0 Å². The van der Waals surface area contributed by atoms with Gasteiger partial charge >= 0.3 is 0 Å². The molecule has 2 heterocycles. The average molecular weight is 373 g/mol. The molecule has 1 nitrogen and oxygen atoms in total. The van der Waals surface area contributed by atoms with Crippen LogP contribution in [0.5, 0.6) is 0 Å². The molecule has 0 aliphatic heterocycles. The average Bonchev–Trinajstić information content (AvgIpc) is 3.29. The minimum absolute atomic E-state index is 1.21. The molecule has 0 aliphatic rings. The summed E-state index contributed by atoms with van der Waals surface area (Å²) in [4.78, 5) is 0. The van der Waals surface area contributed by atoms with Crippen LogP contribution in [0.1, 0.15) is 0 Å². The van der Waals surface area contributed by atoms with E-state index < -0.39 is 0 Å². The van der Waals surface area contributed by atoms with Gasteiger partial charge in [-0.15, -0.1) is 11.3 Å². The Bertz CT molecular complexity index is 1650. The van der Waals surface area contributed by atoms with Crippen LogP contribution in [0.25, 0.3) is 58.4 Å². The summed E-state index contributed by atoms with van der Waals surface area (Å²) < 4.78 is 5.18. The maximum Gasteiger partial charge on any atom is 0.0554 e. The zero-order chi connectivity index (χ0) is 18.2. The van der Waals surface area contributed by atoms with E-state index in [-0.39, 0.29) is 0 Å². The molecule has 0 bridgehead atoms. The van der Waals surface area contributed by atoms with E-state index in [0.717, 1.165) is 0 Å². The van der Waals surface area contributed by atoms with E-state index in [1.165, 1.54) is 58.4 Å². The molecule has 7 aromatic rings. The number of rotatable bonds is 1. The number of hydrogen-bond acceptors (Lipinski definition) is 1. The second kappa shape index (κ2) is 5.12. The van der Waals surface area contributed by atoms with Crippen molar-refractivity contribution in [2.24, 2.45) is 0 Å². The summed E-state index contributed by atoms with van der Waals surface area (Å²) in [6, 6.07) is 33.1. The van der Waals surface area contributed by atoms with Gasteiger partial charge in [0.1, 0.15) is 0 Å². The second-order valence-corrected chi connectivity index (χ2v) is 8.46. The highest BCUT2D eigenvalue weighted by Gasteiger charge is 2.19. The molecule has 130 valence electrons. The lowest BCUT2D eigenvalue weighted by Gasteiger charge is -2.07. The van der Waals surface area contributed by atoms with E-state index in [2.05, 4.69) is 95.6 Å². The van der Waals surface area contributed by atoms with Crippen molar-refractivity contribution >= 4 is 64.1 Å². The van der Waals surface area contributed by atoms with Crippen LogP contribution in [0.4, 0.5) is 0 Å². The van der Waals surface area contributed by atoms with E-state index >= 15 is 0 Å². The van der Waals surface area contributed by atoms with Crippen LogP contribution in [0.15, 0.2) is 91.0 Å². The van der Waals surface area contributed by atoms with E-state index in [9.17, 15) is 0 Å². The fourth-order valence-electron chi connectivity index (χ4n) is 4.78. The predicted octanol–water partition coefficient (Wildman–Crippen LogP) is 7.74. The van der Waals surface area contributed by atoms with Crippen LogP contribution in [0, 0.1) is 0 Å². The molecule has 0 aliphatic carbocycles. The Balaban J connectivity index is 1.83. The van der Waals surface area contributed by atoms with Gasteiger partial charge in [-0.25, -0.2) is 0 Å².